The molecule has 0 aliphatic rings. The van der Waals surface area contributed by atoms with Gasteiger partial charge in [-0.05, 0) is 31.0 Å². The van der Waals surface area contributed by atoms with Crippen molar-refractivity contribution < 1.29 is 27.9 Å². The van der Waals surface area contributed by atoms with Gasteiger partial charge in [-0.25, -0.2) is 13.2 Å². The van der Waals surface area contributed by atoms with Gasteiger partial charge in [0, 0.05) is 0 Å². The van der Waals surface area contributed by atoms with Crippen LogP contribution in [0.15, 0.2) is 23.1 Å². The number of aryl methyl sites for hydroxylation is 1. The zero-order valence-corrected chi connectivity index (χ0v) is 14.1. The number of carboxylic acids is 1. The number of benzene rings is 1. The highest BCUT2D eigenvalue weighted by molar-refractivity contribution is 7.89. The molecule has 1 unspecified atom stereocenters. The number of ether oxygens (including phenoxy) is 1. The van der Waals surface area contributed by atoms with Gasteiger partial charge in [0.25, 0.3) is 0 Å². The predicted molar refractivity (Wildman–Crippen MR) is 83.8 cm³/mol. The second kappa shape index (κ2) is 8.07. The standard InChI is InChI=1S/C15H21NO6S/c1-4-5-6-12(14(17)18)16-23(20,21)13-9-11(15(19)22-3)8-7-10(13)2/h7-9,12,16H,4-6H2,1-3H3,(H,17,18). The molecule has 1 aromatic carbocycles. The molecule has 1 atom stereocenters. The lowest BCUT2D eigenvalue weighted by atomic mass is 10.1. The molecule has 7 nitrogen and oxygen atoms in total. The number of carbonyl (C=O) groups excluding carboxylic acids is 1. The zero-order chi connectivity index (χ0) is 17.6. The number of rotatable bonds is 8. The Hall–Kier alpha value is -1.93. The number of carboxylic acid groups (broad SMARTS) is 1. The van der Waals surface area contributed by atoms with Crippen molar-refractivity contribution in [3.05, 3.63) is 29.3 Å². The smallest absolute Gasteiger partial charge is 0.337 e. The molecule has 0 aliphatic carbocycles. The summed E-state index contributed by atoms with van der Waals surface area (Å²) in [6, 6.07) is 2.90. The number of aliphatic carboxylic acids is 1. The minimum atomic E-state index is -4.07. The molecule has 0 radical (unpaired) electrons. The first-order chi connectivity index (χ1) is 10.7. The van der Waals surface area contributed by atoms with Crippen LogP contribution in [0.5, 0.6) is 0 Å². The van der Waals surface area contributed by atoms with Gasteiger partial charge in [0.2, 0.25) is 10.0 Å². The van der Waals surface area contributed by atoms with E-state index in [1.807, 2.05) is 6.92 Å². The largest absolute Gasteiger partial charge is 0.480 e. The summed E-state index contributed by atoms with van der Waals surface area (Å²) in [6.45, 7) is 3.45. The summed E-state index contributed by atoms with van der Waals surface area (Å²) in [6.07, 6.45) is 1.53. The number of hydrogen-bond acceptors (Lipinski definition) is 5. The third kappa shape index (κ3) is 5.04. The second-order valence-corrected chi connectivity index (χ2v) is 6.81. The van der Waals surface area contributed by atoms with Gasteiger partial charge >= 0.3 is 11.9 Å². The molecule has 0 bridgehead atoms. The molecule has 2 N–H and O–H groups in total. The van der Waals surface area contributed by atoms with E-state index in [1.54, 1.807) is 6.92 Å². The zero-order valence-electron chi connectivity index (χ0n) is 13.3. The topological polar surface area (TPSA) is 110 Å². The lowest BCUT2D eigenvalue weighted by Gasteiger charge is -2.16. The van der Waals surface area contributed by atoms with E-state index < -0.39 is 28.0 Å². The number of sulfonamides is 1. The van der Waals surface area contributed by atoms with E-state index in [9.17, 15) is 18.0 Å². The highest BCUT2D eigenvalue weighted by atomic mass is 32.2. The molecule has 0 saturated heterocycles. The minimum Gasteiger partial charge on any atom is -0.480 e. The van der Waals surface area contributed by atoms with Crippen LogP contribution in [-0.2, 0) is 19.6 Å². The Morgan fingerprint density at radius 3 is 2.52 bits per heavy atom. The van der Waals surface area contributed by atoms with Gasteiger partial charge in [-0.3, -0.25) is 4.79 Å². The number of carbonyl (C=O) groups is 2. The number of unbranched alkanes of at least 4 members (excludes halogenated alkanes) is 1. The van der Waals surface area contributed by atoms with Crippen molar-refractivity contribution in [3.63, 3.8) is 0 Å². The monoisotopic (exact) mass is 343 g/mol. The number of esters is 1. The molecule has 0 aromatic heterocycles. The highest BCUT2D eigenvalue weighted by Gasteiger charge is 2.26. The molecule has 23 heavy (non-hydrogen) atoms. The second-order valence-electron chi connectivity index (χ2n) is 5.13. The summed E-state index contributed by atoms with van der Waals surface area (Å²) in [5.74, 6) is -1.90. The number of nitrogens with one attached hydrogen (secondary N) is 1. The normalized spacial score (nSPS) is 12.7. The molecule has 0 fully saturated rings. The summed E-state index contributed by atoms with van der Waals surface area (Å²) >= 11 is 0. The van der Waals surface area contributed by atoms with Crippen LogP contribution in [0.3, 0.4) is 0 Å². The molecule has 0 amide bonds. The first-order valence-corrected chi connectivity index (χ1v) is 8.65. The van der Waals surface area contributed by atoms with E-state index >= 15 is 0 Å². The maximum Gasteiger partial charge on any atom is 0.337 e. The maximum atomic E-state index is 12.5. The molecule has 8 heteroatoms. The van der Waals surface area contributed by atoms with Crippen LogP contribution in [0, 0.1) is 6.92 Å². The first kappa shape index (κ1) is 19.1. The lowest BCUT2D eigenvalue weighted by molar-refractivity contribution is -0.139. The molecule has 0 spiro atoms. The molecule has 0 aliphatic heterocycles. The van der Waals surface area contributed by atoms with Gasteiger partial charge in [-0.15, -0.1) is 0 Å². The van der Waals surface area contributed by atoms with Crippen molar-refractivity contribution in [1.29, 1.82) is 0 Å². The summed E-state index contributed by atoms with van der Waals surface area (Å²) in [5.41, 5.74) is 0.490. The van der Waals surface area contributed by atoms with Crippen LogP contribution in [0.25, 0.3) is 0 Å². The Kier molecular flexibility index (Phi) is 6.71. The summed E-state index contributed by atoms with van der Waals surface area (Å²) < 4.78 is 31.7. The molecule has 1 rings (SSSR count). The van der Waals surface area contributed by atoms with Crippen molar-refractivity contribution >= 4 is 22.0 Å². The lowest BCUT2D eigenvalue weighted by Crippen LogP contribution is -2.40. The summed E-state index contributed by atoms with van der Waals surface area (Å²) in [5, 5.41) is 9.16. The fraction of sp³-hybridized carbons (Fsp3) is 0.467. The van der Waals surface area contributed by atoms with Gasteiger partial charge in [-0.1, -0.05) is 25.8 Å². The quantitative estimate of drug-likeness (QED) is 0.695. The van der Waals surface area contributed by atoms with Gasteiger partial charge < -0.3 is 9.84 Å². The van der Waals surface area contributed by atoms with Crippen molar-refractivity contribution in [2.75, 3.05) is 7.11 Å². The Morgan fingerprint density at radius 1 is 1.35 bits per heavy atom. The van der Waals surface area contributed by atoms with E-state index in [-0.39, 0.29) is 16.9 Å². The van der Waals surface area contributed by atoms with E-state index in [1.165, 1.54) is 25.3 Å². The van der Waals surface area contributed by atoms with Crippen LogP contribution in [-0.4, -0.2) is 38.6 Å². The Balaban J connectivity index is 3.16. The van der Waals surface area contributed by atoms with Gasteiger partial charge in [0.1, 0.15) is 6.04 Å². The Labute approximate surface area is 135 Å². The first-order valence-electron chi connectivity index (χ1n) is 7.17. The van der Waals surface area contributed by atoms with Crippen molar-refractivity contribution in [2.45, 2.75) is 44.0 Å². The summed E-state index contributed by atoms with van der Waals surface area (Å²) in [4.78, 5) is 22.6. The van der Waals surface area contributed by atoms with Crippen molar-refractivity contribution in [1.82, 2.24) is 4.72 Å². The van der Waals surface area contributed by atoms with Gasteiger partial charge in [0.05, 0.1) is 17.6 Å². The van der Waals surface area contributed by atoms with E-state index in [4.69, 9.17) is 5.11 Å². The molecule has 128 valence electrons. The van der Waals surface area contributed by atoms with Crippen molar-refractivity contribution in [3.8, 4) is 0 Å². The third-order valence-corrected chi connectivity index (χ3v) is 4.95. The van der Waals surface area contributed by atoms with Crippen LogP contribution in [0.2, 0.25) is 0 Å². The molecule has 0 saturated carbocycles. The molecule has 0 heterocycles. The molecule has 1 aromatic rings. The van der Waals surface area contributed by atoms with E-state index in [0.29, 0.717) is 12.0 Å². The van der Waals surface area contributed by atoms with Crippen LogP contribution < -0.4 is 4.72 Å². The number of methoxy groups -OCH3 is 1. The van der Waals surface area contributed by atoms with Gasteiger partial charge in [-0.2, -0.15) is 4.72 Å². The minimum absolute atomic E-state index is 0.0823. The summed E-state index contributed by atoms with van der Waals surface area (Å²) in [7, 11) is -2.87. The van der Waals surface area contributed by atoms with Crippen LogP contribution >= 0.6 is 0 Å². The van der Waals surface area contributed by atoms with E-state index in [2.05, 4.69) is 9.46 Å². The third-order valence-electron chi connectivity index (χ3n) is 3.34. The molecular weight excluding hydrogens is 322 g/mol. The SMILES string of the molecule is CCCCC(NS(=O)(=O)c1cc(C(=O)OC)ccc1C)C(=O)O. The van der Waals surface area contributed by atoms with Gasteiger partial charge in [0.15, 0.2) is 0 Å². The van der Waals surface area contributed by atoms with Crippen molar-refractivity contribution in [2.24, 2.45) is 0 Å². The average Bonchev–Trinajstić information content (AvgIpc) is 2.50. The Morgan fingerprint density at radius 2 is 2.00 bits per heavy atom. The fourth-order valence-electron chi connectivity index (χ4n) is 2.03. The maximum absolute atomic E-state index is 12.5. The van der Waals surface area contributed by atoms with Crippen LogP contribution in [0.1, 0.15) is 42.1 Å². The van der Waals surface area contributed by atoms with Crippen LogP contribution in [0.4, 0.5) is 0 Å². The fourth-order valence-corrected chi connectivity index (χ4v) is 3.52. The Bertz CT molecular complexity index is 683. The molecular formula is C15H21NO6S. The van der Waals surface area contributed by atoms with E-state index in [0.717, 1.165) is 6.42 Å². The predicted octanol–water partition coefficient (Wildman–Crippen LogP) is 1.70. The number of hydrogen-bond donors (Lipinski definition) is 2. The highest BCUT2D eigenvalue weighted by Crippen LogP contribution is 2.19. The average molecular weight is 343 g/mol.